The van der Waals surface area contributed by atoms with Crippen molar-refractivity contribution in [1.29, 1.82) is 10.5 Å². The van der Waals surface area contributed by atoms with E-state index in [-0.39, 0.29) is 19.2 Å². The SMILES string of the molecule is C.CC(C)(C)OC(=O)NCCCC#Cc1cnc(Nc2ccc(C#N)cc2)nc1-c1ccccc1.C[C@@H](C(=O)NCCCC#Cc1cnc(Nc2ccc(C#N)cc2)nc1-c1ccccc1)N(C)C(=O)/C=C/CN(C)C.[3H][3H].[3H][3H].[3H][3H]. The van der Waals surface area contributed by atoms with Gasteiger partial charge in [0.25, 0.3) is 0 Å². The predicted octanol–water partition coefficient (Wildman–Crippen LogP) is 10.8. The highest BCUT2D eigenvalue weighted by molar-refractivity contribution is 5.92. The lowest BCUT2D eigenvalue weighted by atomic mass is 10.1. The number of rotatable bonds is 17. The monoisotopic (exact) mass is 1040 g/mol. The second-order valence-electron chi connectivity index (χ2n) is 18.1. The molecule has 0 bridgehead atoms. The summed E-state index contributed by atoms with van der Waals surface area (Å²) in [4.78, 5) is 58.1. The van der Waals surface area contributed by atoms with E-state index in [2.05, 4.69) is 72.0 Å². The minimum absolute atomic E-state index is 0. The van der Waals surface area contributed by atoms with Crippen LogP contribution in [0.1, 0.15) is 92.0 Å². The molecule has 3 amide bonds. The van der Waals surface area contributed by atoms with Gasteiger partial charge in [-0.15, -0.1) is 0 Å². The molecule has 0 unspecified atom stereocenters. The van der Waals surface area contributed by atoms with Crippen molar-refractivity contribution < 1.29 is 28.0 Å². The van der Waals surface area contributed by atoms with Crippen molar-refractivity contribution in [1.82, 2.24) is 40.4 Å². The quantitative estimate of drug-likeness (QED) is 0.0381. The topological polar surface area (TPSA) is 214 Å². The van der Waals surface area contributed by atoms with E-state index in [1.54, 1.807) is 68.8 Å². The number of nitrogens with one attached hydrogen (secondary N) is 4. The first-order valence-electron chi connectivity index (χ1n) is 27.3. The maximum absolute atomic E-state index is 12.5. The number of nitriles is 2. The molecule has 2 aromatic heterocycles. The van der Waals surface area contributed by atoms with E-state index in [9.17, 15) is 14.4 Å². The molecule has 6 aromatic rings. The molecule has 1 atom stereocenters. The molecule has 16 nitrogen and oxygen atoms in total. The molecule has 396 valence electrons. The van der Waals surface area contributed by atoms with Gasteiger partial charge in [0, 0.05) is 89.4 Å². The van der Waals surface area contributed by atoms with Gasteiger partial charge in [-0.3, -0.25) is 9.59 Å². The van der Waals surface area contributed by atoms with Crippen LogP contribution in [0.25, 0.3) is 22.5 Å². The molecule has 0 radical (unpaired) electrons. The molecule has 0 aliphatic rings. The number of hydrogen-bond acceptors (Lipinski definition) is 13. The third kappa shape index (κ3) is 20.3. The third-order valence-corrected chi connectivity index (χ3v) is 10.6. The summed E-state index contributed by atoms with van der Waals surface area (Å²) in [5.74, 6) is 13.1. The Kier molecular flexibility index (Phi) is 21.9. The zero-order chi connectivity index (χ0) is 60.0. The van der Waals surface area contributed by atoms with Gasteiger partial charge in [-0.1, -0.05) is 97.8 Å². The summed E-state index contributed by atoms with van der Waals surface area (Å²) in [6.07, 6.45) is 8.76. The van der Waals surface area contributed by atoms with Gasteiger partial charge in [0.15, 0.2) is 0 Å². The highest BCUT2D eigenvalue weighted by Gasteiger charge is 2.21. The van der Waals surface area contributed by atoms with Crippen LogP contribution in [0.2, 0.25) is 0 Å². The van der Waals surface area contributed by atoms with Gasteiger partial charge in [0.1, 0.15) is 11.6 Å². The number of ether oxygens (including phenoxy) is 1. The van der Waals surface area contributed by atoms with Gasteiger partial charge >= 0.3 is 6.09 Å². The Hall–Kier alpha value is -9.35. The molecule has 76 heavy (non-hydrogen) atoms. The second-order valence-corrected chi connectivity index (χ2v) is 18.1. The molecule has 0 spiro atoms. The number of aromatic nitrogens is 4. The molecule has 2 heterocycles. The zero-order valence-electron chi connectivity index (χ0n) is 49.4. The van der Waals surface area contributed by atoms with Gasteiger partial charge < -0.3 is 35.8 Å². The first-order chi connectivity index (χ1) is 39.1. The summed E-state index contributed by atoms with van der Waals surface area (Å²) in [5.41, 5.74) is 6.91. The highest BCUT2D eigenvalue weighted by Crippen LogP contribution is 2.25. The van der Waals surface area contributed by atoms with E-state index < -0.39 is 17.7 Å². The maximum atomic E-state index is 12.5. The fourth-order valence-electron chi connectivity index (χ4n) is 6.60. The Balaban J connectivity index is 0.000000753. The Bertz CT molecular complexity index is 3110. The van der Waals surface area contributed by atoms with Crippen molar-refractivity contribution in [2.45, 2.75) is 72.4 Å². The van der Waals surface area contributed by atoms with Crippen LogP contribution < -0.4 is 21.3 Å². The zero-order valence-corrected chi connectivity index (χ0v) is 43.4. The van der Waals surface area contributed by atoms with Crippen LogP contribution in [0.3, 0.4) is 0 Å². The fraction of sp³-hybridized carbons (Fsp3) is 0.283. The van der Waals surface area contributed by atoms with Crippen LogP contribution in [0, 0.1) is 46.3 Å². The Morgan fingerprint density at radius 1 is 0.697 bits per heavy atom. The number of likely N-dealkylation sites (N-methyl/N-ethyl adjacent to an activating group) is 2. The van der Waals surface area contributed by atoms with E-state index in [4.69, 9.17) is 29.2 Å². The predicted molar refractivity (Wildman–Crippen MR) is 306 cm³/mol. The van der Waals surface area contributed by atoms with Crippen LogP contribution in [-0.2, 0) is 14.3 Å². The standard InChI is InChI=1S/C32H35N7O2.C27H27N5O2.CH4.3H2/c1-24(39(4)29(40)15-11-21-38(2)3)31(41)34-20-10-6-9-14-27-23-35-32(36-28-18-16-25(22-33)17-19-28)37-30(27)26-12-7-5-8-13-26;1-27(2,3)34-26(33)29-17-9-5-8-12-22-19-30-25(31-23-15-13-20(18-28)14-16-23)32-24(22)21-10-6-4-7-11-21;;;;/h5,7-8,11-13,15-19,23-24H,6,10,20-21H2,1-4H3,(H,34,41)(H,35,36,37);4,6-7,10-11,13-16,19H,5,9,17H2,1-3H3,(H,29,33)(H,30,31,32);1H4;3*1H/b15-11+;;;;;/t24-;;;;;/m0...../s1/i;;;3*1+2T. The second kappa shape index (κ2) is 30.6. The fourth-order valence-corrected chi connectivity index (χ4v) is 6.60. The van der Waals surface area contributed by atoms with Gasteiger partial charge in [-0.25, -0.2) is 24.7 Å². The average Bonchev–Trinajstić information content (AvgIpc) is 3.60. The van der Waals surface area contributed by atoms with E-state index in [1.807, 2.05) is 113 Å². The first kappa shape index (κ1) is 54.4. The van der Waals surface area contributed by atoms with Crippen molar-refractivity contribution in [2.24, 2.45) is 0 Å². The number of nitrogens with zero attached hydrogens (tertiary/aromatic N) is 8. The molecule has 16 heteroatoms. The normalized spacial score (nSPS) is 11.1. The summed E-state index contributed by atoms with van der Waals surface area (Å²) in [5, 5.41) is 29.9. The number of anilines is 4. The van der Waals surface area contributed by atoms with Gasteiger partial charge in [0.05, 0.1) is 45.8 Å². The van der Waals surface area contributed by atoms with Gasteiger partial charge in [-0.2, -0.15) is 10.5 Å². The van der Waals surface area contributed by atoms with E-state index in [1.165, 1.54) is 11.0 Å². The third-order valence-electron chi connectivity index (χ3n) is 10.6. The minimum Gasteiger partial charge on any atom is -0.444 e. The molecule has 4 N–H and O–H groups in total. The Morgan fingerprint density at radius 3 is 1.57 bits per heavy atom. The van der Waals surface area contributed by atoms with Crippen molar-refractivity contribution in [3.63, 3.8) is 0 Å². The summed E-state index contributed by atoms with van der Waals surface area (Å²) in [6.45, 7) is 8.78. The molecule has 0 fully saturated rings. The largest absolute Gasteiger partial charge is 0.444 e. The lowest BCUT2D eigenvalue weighted by Crippen LogP contribution is -2.45. The van der Waals surface area contributed by atoms with Crippen molar-refractivity contribution in [3.05, 3.63) is 156 Å². The summed E-state index contributed by atoms with van der Waals surface area (Å²) < 4.78 is 35.2. The molecular formula is C60H72N12O4. The number of alkyl carbamates (subject to hydrolysis) is 1. The molecular weight excluding hydrogens is 953 g/mol. The molecule has 0 saturated carbocycles. The van der Waals surface area contributed by atoms with Crippen molar-refractivity contribution in [3.8, 4) is 58.3 Å². The molecule has 0 aliphatic heterocycles. The number of hydrogen-bond donors (Lipinski definition) is 4. The molecule has 0 aliphatic carbocycles. The van der Waals surface area contributed by atoms with Crippen LogP contribution >= 0.6 is 0 Å². The van der Waals surface area contributed by atoms with Crippen molar-refractivity contribution in [2.75, 3.05) is 51.4 Å². The Morgan fingerprint density at radius 2 is 1.14 bits per heavy atom. The smallest absolute Gasteiger partial charge is 0.407 e. The number of carbonyl (C=O) groups excluding carboxylic acids is 3. The number of carbonyl (C=O) groups is 3. The van der Waals surface area contributed by atoms with Crippen LogP contribution in [0.4, 0.5) is 28.1 Å². The minimum atomic E-state index is -0.584. The lowest BCUT2D eigenvalue weighted by molar-refractivity contribution is -0.135. The van der Waals surface area contributed by atoms with E-state index in [0.717, 1.165) is 33.8 Å². The molecule has 0 saturated heterocycles. The maximum Gasteiger partial charge on any atom is 0.407 e. The molecule has 6 rings (SSSR count). The summed E-state index contributed by atoms with van der Waals surface area (Å²) >= 11 is 0. The highest BCUT2D eigenvalue weighted by atomic mass is 16.6. The van der Waals surface area contributed by atoms with Gasteiger partial charge in [-0.05, 0) is 103 Å². The summed E-state index contributed by atoms with van der Waals surface area (Å²) in [6, 6.07) is 37.3. The van der Waals surface area contributed by atoms with E-state index in [0.29, 0.717) is 79.6 Å². The van der Waals surface area contributed by atoms with Crippen LogP contribution in [-0.4, -0.2) is 100 Å². The number of unbranched alkanes of at least 4 members (excludes halogenated alkanes) is 2. The average molecular weight is 1040 g/mol. The van der Waals surface area contributed by atoms with Crippen LogP contribution in [0.5, 0.6) is 0 Å². The van der Waals surface area contributed by atoms with Crippen LogP contribution in [0.15, 0.2) is 134 Å². The molecule has 4 aromatic carbocycles. The lowest BCUT2D eigenvalue weighted by Gasteiger charge is -2.23. The summed E-state index contributed by atoms with van der Waals surface area (Å²) in [7, 11) is 5.46. The van der Waals surface area contributed by atoms with E-state index >= 15 is 0 Å². The van der Waals surface area contributed by atoms with Gasteiger partial charge in [0.2, 0.25) is 23.7 Å². The number of benzene rings is 4. The first-order valence-corrected chi connectivity index (χ1v) is 24.3. The number of amides is 3. The Labute approximate surface area is 456 Å². The van der Waals surface area contributed by atoms with Crippen molar-refractivity contribution >= 4 is 41.2 Å².